The van der Waals surface area contributed by atoms with Gasteiger partial charge in [0.1, 0.15) is 0 Å². The molecule has 0 aliphatic rings. The minimum Gasteiger partial charge on any atom is -0.392 e. The Morgan fingerprint density at radius 3 is 2.22 bits per heavy atom. The van der Waals surface area contributed by atoms with E-state index in [9.17, 15) is 14.4 Å². The van der Waals surface area contributed by atoms with Crippen LogP contribution in [0.15, 0.2) is 24.3 Å². The number of aliphatic hydroxyl groups is 1. The van der Waals surface area contributed by atoms with Crippen LogP contribution < -0.4 is 22.1 Å². The van der Waals surface area contributed by atoms with Gasteiger partial charge in [-0.25, -0.2) is 4.79 Å². The monoisotopic (exact) mass is 378 g/mol. The molecule has 150 valence electrons. The first kappa shape index (κ1) is 22.6. The molecule has 0 spiro atoms. The van der Waals surface area contributed by atoms with Crippen LogP contribution in [0.3, 0.4) is 0 Å². The van der Waals surface area contributed by atoms with E-state index in [0.717, 1.165) is 11.1 Å². The molecule has 0 radical (unpaired) electrons. The summed E-state index contributed by atoms with van der Waals surface area (Å²) >= 11 is 0. The van der Waals surface area contributed by atoms with Crippen molar-refractivity contribution in [1.29, 1.82) is 0 Å². The Kier molecular flexibility index (Phi) is 9.46. The van der Waals surface area contributed by atoms with Crippen molar-refractivity contribution in [3.05, 3.63) is 35.4 Å². The van der Waals surface area contributed by atoms with Gasteiger partial charge in [-0.3, -0.25) is 9.59 Å². The van der Waals surface area contributed by atoms with Gasteiger partial charge in [-0.15, -0.1) is 0 Å². The molecule has 1 aromatic carbocycles. The standard InChI is InChI=1S/C19H30N4O4/c1-12(2)17(20)18(26)23-15(4-3-9-22-19(21)27)16(25)10-13-5-7-14(11-24)8-6-13/h5-8,12,15,17,24H,3-4,9-11,20H2,1-2H3,(H,23,26)(H3,21,22,27)/t15?,17-/m0/s1. The van der Waals surface area contributed by atoms with Crippen LogP contribution in [-0.2, 0) is 22.6 Å². The third-order valence-electron chi connectivity index (χ3n) is 4.28. The Balaban J connectivity index is 2.75. The molecular weight excluding hydrogens is 348 g/mol. The summed E-state index contributed by atoms with van der Waals surface area (Å²) in [5, 5.41) is 14.3. The lowest BCUT2D eigenvalue weighted by atomic mass is 9.98. The normalized spacial score (nSPS) is 13.1. The van der Waals surface area contributed by atoms with Gasteiger partial charge in [0.25, 0.3) is 0 Å². The van der Waals surface area contributed by atoms with Gasteiger partial charge in [0.05, 0.1) is 18.7 Å². The molecule has 8 nitrogen and oxygen atoms in total. The van der Waals surface area contributed by atoms with Gasteiger partial charge < -0.3 is 27.2 Å². The van der Waals surface area contributed by atoms with Crippen LogP contribution >= 0.6 is 0 Å². The van der Waals surface area contributed by atoms with Crippen molar-refractivity contribution in [3.63, 3.8) is 0 Å². The van der Waals surface area contributed by atoms with Crippen molar-refractivity contribution in [2.45, 2.75) is 51.8 Å². The lowest BCUT2D eigenvalue weighted by Gasteiger charge is -2.22. The highest BCUT2D eigenvalue weighted by molar-refractivity contribution is 5.92. The number of rotatable bonds is 11. The number of carbonyl (C=O) groups excluding carboxylic acids is 3. The third kappa shape index (κ3) is 8.19. The molecule has 0 heterocycles. The van der Waals surface area contributed by atoms with E-state index < -0.39 is 18.1 Å². The van der Waals surface area contributed by atoms with E-state index in [1.54, 1.807) is 24.3 Å². The van der Waals surface area contributed by atoms with E-state index in [-0.39, 0.29) is 30.6 Å². The number of benzene rings is 1. The molecular formula is C19H30N4O4. The zero-order valence-corrected chi connectivity index (χ0v) is 15.9. The van der Waals surface area contributed by atoms with Crippen LogP contribution in [0.25, 0.3) is 0 Å². The SMILES string of the molecule is CC(C)[C@H](N)C(=O)NC(CCCNC(N)=O)C(=O)Cc1ccc(CO)cc1. The molecule has 0 saturated heterocycles. The summed E-state index contributed by atoms with van der Waals surface area (Å²) in [6.45, 7) is 3.92. The maximum atomic E-state index is 12.7. The van der Waals surface area contributed by atoms with Crippen molar-refractivity contribution in [3.8, 4) is 0 Å². The van der Waals surface area contributed by atoms with E-state index in [4.69, 9.17) is 16.6 Å². The summed E-state index contributed by atoms with van der Waals surface area (Å²) in [6, 6.07) is 5.02. The molecule has 1 rings (SSSR count). The van der Waals surface area contributed by atoms with Gasteiger partial charge in [-0.2, -0.15) is 0 Å². The number of primary amides is 1. The fourth-order valence-corrected chi connectivity index (χ4v) is 2.49. The number of hydrogen-bond acceptors (Lipinski definition) is 5. The lowest BCUT2D eigenvalue weighted by Crippen LogP contribution is -2.50. The number of carbonyl (C=O) groups is 3. The highest BCUT2D eigenvalue weighted by Gasteiger charge is 2.25. The van der Waals surface area contributed by atoms with Crippen LogP contribution in [0.2, 0.25) is 0 Å². The van der Waals surface area contributed by atoms with E-state index in [2.05, 4.69) is 10.6 Å². The maximum absolute atomic E-state index is 12.7. The summed E-state index contributed by atoms with van der Waals surface area (Å²) in [6.07, 6.45) is 1.00. The third-order valence-corrected chi connectivity index (χ3v) is 4.28. The van der Waals surface area contributed by atoms with E-state index in [0.29, 0.717) is 19.4 Å². The Morgan fingerprint density at radius 2 is 1.70 bits per heavy atom. The average Bonchev–Trinajstić information content (AvgIpc) is 2.63. The van der Waals surface area contributed by atoms with Crippen molar-refractivity contribution in [2.75, 3.05) is 6.54 Å². The molecule has 0 aromatic heterocycles. The molecule has 8 heteroatoms. The highest BCUT2D eigenvalue weighted by atomic mass is 16.3. The van der Waals surface area contributed by atoms with E-state index >= 15 is 0 Å². The summed E-state index contributed by atoms with van der Waals surface area (Å²) in [7, 11) is 0. The number of urea groups is 1. The Hall–Kier alpha value is -2.45. The molecule has 0 bridgehead atoms. The Bertz CT molecular complexity index is 631. The second-order valence-electron chi connectivity index (χ2n) is 6.88. The number of amides is 3. The zero-order chi connectivity index (χ0) is 20.4. The van der Waals surface area contributed by atoms with Gasteiger partial charge in [0.2, 0.25) is 5.91 Å². The van der Waals surface area contributed by atoms with Crippen molar-refractivity contribution >= 4 is 17.7 Å². The predicted octanol–water partition coefficient (Wildman–Crippen LogP) is 0.207. The first-order chi connectivity index (χ1) is 12.7. The van der Waals surface area contributed by atoms with Crippen LogP contribution in [0.1, 0.15) is 37.8 Å². The number of ketones is 1. The summed E-state index contributed by atoms with van der Waals surface area (Å²) in [5.41, 5.74) is 12.4. The number of nitrogens with one attached hydrogen (secondary N) is 2. The number of nitrogens with two attached hydrogens (primary N) is 2. The fourth-order valence-electron chi connectivity index (χ4n) is 2.49. The molecule has 0 aliphatic heterocycles. The van der Waals surface area contributed by atoms with Crippen LogP contribution in [0.5, 0.6) is 0 Å². The Labute approximate surface area is 159 Å². The second kappa shape index (κ2) is 11.3. The predicted molar refractivity (Wildman–Crippen MR) is 103 cm³/mol. The molecule has 1 aromatic rings. The lowest BCUT2D eigenvalue weighted by molar-refractivity contribution is -0.129. The van der Waals surface area contributed by atoms with Crippen molar-refractivity contribution in [1.82, 2.24) is 10.6 Å². The van der Waals surface area contributed by atoms with Gasteiger partial charge in [0, 0.05) is 13.0 Å². The maximum Gasteiger partial charge on any atom is 0.312 e. The number of Topliss-reactive ketones (excluding diaryl/α,β-unsaturated/α-hetero) is 1. The van der Waals surface area contributed by atoms with Crippen LogP contribution in [0.4, 0.5) is 4.79 Å². The topological polar surface area (TPSA) is 148 Å². The molecule has 0 saturated carbocycles. The van der Waals surface area contributed by atoms with Crippen LogP contribution in [0, 0.1) is 5.92 Å². The quantitative estimate of drug-likeness (QED) is 0.349. The smallest absolute Gasteiger partial charge is 0.312 e. The number of aliphatic hydroxyl groups excluding tert-OH is 1. The summed E-state index contributed by atoms with van der Waals surface area (Å²) < 4.78 is 0. The summed E-state index contributed by atoms with van der Waals surface area (Å²) in [5.74, 6) is -0.569. The molecule has 3 amide bonds. The molecule has 0 fully saturated rings. The molecule has 0 aliphatic carbocycles. The molecule has 27 heavy (non-hydrogen) atoms. The van der Waals surface area contributed by atoms with Crippen molar-refractivity contribution in [2.24, 2.45) is 17.4 Å². The van der Waals surface area contributed by atoms with Crippen LogP contribution in [-0.4, -0.2) is 41.5 Å². The van der Waals surface area contributed by atoms with Gasteiger partial charge >= 0.3 is 6.03 Å². The Morgan fingerprint density at radius 1 is 1.11 bits per heavy atom. The molecule has 7 N–H and O–H groups in total. The largest absolute Gasteiger partial charge is 0.392 e. The molecule has 1 unspecified atom stereocenters. The van der Waals surface area contributed by atoms with Crippen molar-refractivity contribution < 1.29 is 19.5 Å². The highest BCUT2D eigenvalue weighted by Crippen LogP contribution is 2.09. The molecule has 2 atom stereocenters. The number of hydrogen-bond donors (Lipinski definition) is 5. The average molecular weight is 378 g/mol. The summed E-state index contributed by atoms with van der Waals surface area (Å²) in [4.78, 5) is 35.7. The van der Waals surface area contributed by atoms with Gasteiger partial charge in [-0.05, 0) is 29.9 Å². The van der Waals surface area contributed by atoms with Gasteiger partial charge in [-0.1, -0.05) is 38.1 Å². The van der Waals surface area contributed by atoms with E-state index in [1.165, 1.54) is 0 Å². The fraction of sp³-hybridized carbons (Fsp3) is 0.526. The van der Waals surface area contributed by atoms with E-state index in [1.807, 2.05) is 13.8 Å². The minimum atomic E-state index is -0.701. The van der Waals surface area contributed by atoms with Gasteiger partial charge in [0.15, 0.2) is 5.78 Å². The second-order valence-corrected chi connectivity index (χ2v) is 6.88. The minimum absolute atomic E-state index is 0.0525. The first-order valence-corrected chi connectivity index (χ1v) is 9.05. The first-order valence-electron chi connectivity index (χ1n) is 9.05. The zero-order valence-electron chi connectivity index (χ0n) is 15.9.